The lowest BCUT2D eigenvalue weighted by atomic mass is 10.1. The second kappa shape index (κ2) is 6.29. The standard InChI is InChI=1S/C19H14N4O3/c20-18(25)11-3-5-13(6-4-11)23-17-9-15(24)16(26-17)8-12-10-22-19-14(12)2-1-7-21-19/h1-8,10H,9H2,(H2,20,25)(H,21,22)/b16-8-,23-17?. The summed E-state index contributed by atoms with van der Waals surface area (Å²) in [5.74, 6) is -0.0982. The van der Waals surface area contributed by atoms with E-state index in [-0.39, 0.29) is 18.0 Å². The number of carbonyl (C=O) groups excluding carboxylic acids is 2. The zero-order valence-electron chi connectivity index (χ0n) is 13.6. The van der Waals surface area contributed by atoms with Gasteiger partial charge in [0.05, 0.1) is 12.1 Å². The van der Waals surface area contributed by atoms with Crippen LogP contribution in [0, 0.1) is 0 Å². The van der Waals surface area contributed by atoms with E-state index >= 15 is 0 Å². The van der Waals surface area contributed by atoms with Crippen LogP contribution in [-0.4, -0.2) is 27.6 Å². The van der Waals surface area contributed by atoms with E-state index in [1.807, 2.05) is 12.1 Å². The number of nitrogens with zero attached hydrogens (tertiary/aromatic N) is 2. The SMILES string of the molecule is NC(=O)c1ccc(N=C2CC(=O)/C(=C/c3c[nH]c4ncccc34)O2)cc1. The average Bonchev–Trinajstić information content (AvgIpc) is 3.20. The normalized spacial score (nSPS) is 17.2. The molecule has 0 spiro atoms. The fourth-order valence-corrected chi connectivity index (χ4v) is 2.70. The van der Waals surface area contributed by atoms with Gasteiger partial charge in [0.15, 0.2) is 5.76 Å². The van der Waals surface area contributed by atoms with Gasteiger partial charge in [-0.05, 0) is 42.5 Å². The number of benzene rings is 1. The quantitative estimate of drug-likeness (QED) is 0.710. The van der Waals surface area contributed by atoms with Gasteiger partial charge in [0.1, 0.15) is 5.65 Å². The highest BCUT2D eigenvalue weighted by Gasteiger charge is 2.26. The fraction of sp³-hybridized carbons (Fsp3) is 0.0526. The van der Waals surface area contributed by atoms with Gasteiger partial charge < -0.3 is 15.5 Å². The number of aliphatic imine (C=N–C) groups is 1. The van der Waals surface area contributed by atoms with Gasteiger partial charge in [-0.1, -0.05) is 0 Å². The second-order valence-electron chi connectivity index (χ2n) is 5.77. The van der Waals surface area contributed by atoms with Crippen LogP contribution in [0.4, 0.5) is 5.69 Å². The van der Waals surface area contributed by atoms with Crippen LogP contribution < -0.4 is 5.73 Å². The lowest BCUT2D eigenvalue weighted by molar-refractivity contribution is -0.114. The third-order valence-electron chi connectivity index (χ3n) is 3.99. The number of ether oxygens (including phenoxy) is 1. The van der Waals surface area contributed by atoms with Crippen molar-refractivity contribution in [3.63, 3.8) is 0 Å². The molecule has 7 nitrogen and oxygen atoms in total. The molecule has 3 aromatic rings. The Morgan fingerprint density at radius 2 is 2.08 bits per heavy atom. The first-order valence-electron chi connectivity index (χ1n) is 7.92. The highest BCUT2D eigenvalue weighted by molar-refractivity contribution is 6.15. The minimum Gasteiger partial charge on any atom is -0.439 e. The lowest BCUT2D eigenvalue weighted by Crippen LogP contribution is -2.10. The van der Waals surface area contributed by atoms with E-state index in [0.29, 0.717) is 17.1 Å². The number of hydrogen-bond acceptors (Lipinski definition) is 5. The number of H-pyrrole nitrogens is 1. The Bertz CT molecular complexity index is 1080. The summed E-state index contributed by atoms with van der Waals surface area (Å²) in [5, 5.41) is 0.906. The number of aromatic nitrogens is 2. The number of amides is 1. The molecule has 1 aliphatic rings. The summed E-state index contributed by atoms with van der Waals surface area (Å²) < 4.78 is 5.61. The molecule has 1 aromatic carbocycles. The predicted octanol–water partition coefficient (Wildman–Crippen LogP) is 2.72. The Kier molecular flexibility index (Phi) is 3.81. The third kappa shape index (κ3) is 2.98. The van der Waals surface area contributed by atoms with Crippen molar-refractivity contribution in [2.75, 3.05) is 0 Å². The van der Waals surface area contributed by atoms with Crippen LogP contribution in [0.15, 0.2) is 59.5 Å². The number of aromatic amines is 1. The Morgan fingerprint density at radius 3 is 2.85 bits per heavy atom. The molecule has 128 valence electrons. The molecule has 3 N–H and O–H groups in total. The number of nitrogens with two attached hydrogens (primary N) is 1. The minimum absolute atomic E-state index is 0.0873. The van der Waals surface area contributed by atoms with Gasteiger partial charge in [-0.2, -0.15) is 0 Å². The summed E-state index contributed by atoms with van der Waals surface area (Å²) in [7, 11) is 0. The first-order valence-corrected chi connectivity index (χ1v) is 7.92. The zero-order valence-corrected chi connectivity index (χ0v) is 13.6. The number of hydrogen-bond donors (Lipinski definition) is 2. The number of pyridine rings is 1. The highest BCUT2D eigenvalue weighted by atomic mass is 16.5. The third-order valence-corrected chi connectivity index (χ3v) is 3.99. The molecule has 3 heterocycles. The molecule has 0 atom stereocenters. The monoisotopic (exact) mass is 346 g/mol. The molecule has 1 amide bonds. The van der Waals surface area contributed by atoms with Gasteiger partial charge >= 0.3 is 0 Å². The van der Waals surface area contributed by atoms with E-state index in [2.05, 4.69) is 15.0 Å². The van der Waals surface area contributed by atoms with Gasteiger partial charge in [-0.25, -0.2) is 9.98 Å². The van der Waals surface area contributed by atoms with E-state index in [9.17, 15) is 9.59 Å². The molecule has 0 saturated carbocycles. The average molecular weight is 346 g/mol. The van der Waals surface area contributed by atoms with Crippen molar-refractivity contribution in [1.82, 2.24) is 9.97 Å². The molecule has 0 aliphatic carbocycles. The molecule has 26 heavy (non-hydrogen) atoms. The summed E-state index contributed by atoms with van der Waals surface area (Å²) in [6.45, 7) is 0. The molecule has 4 rings (SSSR count). The molecule has 1 fully saturated rings. The van der Waals surface area contributed by atoms with Crippen LogP contribution in [0.5, 0.6) is 0 Å². The molecule has 1 saturated heterocycles. The molecule has 0 bridgehead atoms. The van der Waals surface area contributed by atoms with E-state index in [1.54, 1.807) is 42.7 Å². The summed E-state index contributed by atoms with van der Waals surface area (Å²) in [6.07, 6.45) is 5.24. The van der Waals surface area contributed by atoms with Crippen molar-refractivity contribution in [3.05, 3.63) is 65.7 Å². The van der Waals surface area contributed by atoms with Crippen LogP contribution >= 0.6 is 0 Å². The van der Waals surface area contributed by atoms with Crippen molar-refractivity contribution in [2.24, 2.45) is 10.7 Å². The van der Waals surface area contributed by atoms with Crippen molar-refractivity contribution in [2.45, 2.75) is 6.42 Å². The Hall–Kier alpha value is -3.74. The molecule has 7 heteroatoms. The predicted molar refractivity (Wildman–Crippen MR) is 96.8 cm³/mol. The number of fused-ring (bicyclic) bond motifs is 1. The van der Waals surface area contributed by atoms with E-state index in [1.165, 1.54) is 0 Å². The van der Waals surface area contributed by atoms with Gasteiger partial charge in [0, 0.05) is 28.9 Å². The van der Waals surface area contributed by atoms with Gasteiger partial charge in [-0.15, -0.1) is 0 Å². The minimum atomic E-state index is -0.505. The molecule has 0 unspecified atom stereocenters. The molecular formula is C19H14N4O3. The van der Waals surface area contributed by atoms with Crippen LogP contribution in [0.25, 0.3) is 17.1 Å². The number of primary amides is 1. The van der Waals surface area contributed by atoms with Crippen LogP contribution in [-0.2, 0) is 9.53 Å². The number of ketones is 1. The number of rotatable bonds is 3. The van der Waals surface area contributed by atoms with Gasteiger partial charge in [-0.3, -0.25) is 9.59 Å². The summed E-state index contributed by atoms with van der Waals surface area (Å²) in [4.78, 5) is 34.9. The molecular weight excluding hydrogens is 332 g/mol. The first kappa shape index (κ1) is 15.8. The van der Waals surface area contributed by atoms with E-state index in [0.717, 1.165) is 16.6 Å². The summed E-state index contributed by atoms with van der Waals surface area (Å²) in [6, 6.07) is 10.2. The maximum absolute atomic E-state index is 12.2. The lowest BCUT2D eigenvalue weighted by Gasteiger charge is -2.00. The maximum Gasteiger partial charge on any atom is 0.248 e. The zero-order chi connectivity index (χ0) is 18.1. The summed E-state index contributed by atoms with van der Waals surface area (Å²) >= 11 is 0. The van der Waals surface area contributed by atoms with Crippen LogP contribution in [0.3, 0.4) is 0 Å². The Morgan fingerprint density at radius 1 is 1.27 bits per heavy atom. The van der Waals surface area contributed by atoms with E-state index in [4.69, 9.17) is 10.5 Å². The number of Topliss-reactive ketones (excluding diaryl/α,β-unsaturated/α-hetero) is 1. The Labute approximate surface area is 148 Å². The maximum atomic E-state index is 12.2. The highest BCUT2D eigenvalue weighted by Crippen LogP contribution is 2.25. The fourth-order valence-electron chi connectivity index (χ4n) is 2.70. The van der Waals surface area contributed by atoms with Gasteiger partial charge in [0.2, 0.25) is 17.6 Å². The second-order valence-corrected chi connectivity index (χ2v) is 5.77. The van der Waals surface area contributed by atoms with Gasteiger partial charge in [0.25, 0.3) is 0 Å². The van der Waals surface area contributed by atoms with Crippen molar-refractivity contribution >= 4 is 40.4 Å². The van der Waals surface area contributed by atoms with Crippen LogP contribution in [0.2, 0.25) is 0 Å². The number of allylic oxidation sites excluding steroid dienone is 1. The van der Waals surface area contributed by atoms with Crippen molar-refractivity contribution in [3.8, 4) is 0 Å². The first-order chi connectivity index (χ1) is 12.6. The molecule has 0 radical (unpaired) electrons. The Balaban J connectivity index is 1.59. The van der Waals surface area contributed by atoms with E-state index < -0.39 is 5.91 Å². The van der Waals surface area contributed by atoms with Crippen LogP contribution in [0.1, 0.15) is 22.3 Å². The molecule has 2 aromatic heterocycles. The number of carbonyl (C=O) groups is 2. The van der Waals surface area contributed by atoms with Crippen molar-refractivity contribution < 1.29 is 14.3 Å². The van der Waals surface area contributed by atoms with Crippen molar-refractivity contribution in [1.29, 1.82) is 0 Å². The smallest absolute Gasteiger partial charge is 0.248 e. The topological polar surface area (TPSA) is 110 Å². The summed E-state index contributed by atoms with van der Waals surface area (Å²) in [5.41, 5.74) is 7.75. The largest absolute Gasteiger partial charge is 0.439 e. The number of nitrogens with one attached hydrogen (secondary N) is 1. The molecule has 1 aliphatic heterocycles.